The van der Waals surface area contributed by atoms with Crippen LogP contribution in [-0.2, 0) is 6.61 Å². The molecule has 146 valence electrons. The predicted octanol–water partition coefficient (Wildman–Crippen LogP) is 3.57. The Morgan fingerprint density at radius 2 is 1.80 bits per heavy atom. The van der Waals surface area contributed by atoms with Gasteiger partial charge in [0.15, 0.2) is 0 Å². The molecule has 6 heteroatoms. The average molecular weight is 394 g/mol. The van der Waals surface area contributed by atoms with Crippen molar-refractivity contribution in [3.05, 3.63) is 95.3 Å². The van der Waals surface area contributed by atoms with Crippen LogP contribution >= 0.6 is 0 Å². The number of carboxylic acid groups (broad SMARTS) is 1. The Hall–Kier alpha value is -4.37. The fourth-order valence-electron chi connectivity index (χ4n) is 3.02. The maximum absolute atomic E-state index is 10.9. The summed E-state index contributed by atoms with van der Waals surface area (Å²) in [4.78, 5) is 18.5. The normalized spacial score (nSPS) is 11.2. The van der Waals surface area contributed by atoms with E-state index in [9.17, 15) is 15.2 Å². The number of aromatic nitrogens is 2. The molecule has 6 nitrogen and oxygen atoms in total. The number of ether oxygens (including phenoxy) is 1. The zero-order valence-electron chi connectivity index (χ0n) is 15.8. The highest BCUT2D eigenvalue weighted by molar-refractivity contribution is 5.91. The number of H-pyrrole nitrogens is 1. The molecule has 0 aliphatic rings. The number of nitrogens with zero attached hydrogens (tertiary/aromatic N) is 2. The number of allylic oxidation sites excluding steroid dienone is 1. The quantitative estimate of drug-likeness (QED) is 0.504. The molecule has 0 radical (unpaired) electrons. The molecule has 4 rings (SSSR count). The zero-order chi connectivity index (χ0) is 20.9. The monoisotopic (exact) mass is 394 g/mol. The number of nitriles is 1. The number of carbonyl (C=O) groups is 1. The van der Waals surface area contributed by atoms with Gasteiger partial charge in [0.25, 0.3) is 0 Å². The maximum atomic E-state index is 10.9. The van der Waals surface area contributed by atoms with Gasteiger partial charge in [0.1, 0.15) is 24.3 Å². The van der Waals surface area contributed by atoms with Crippen LogP contribution in [0.15, 0.2) is 72.8 Å². The first-order chi connectivity index (χ1) is 14.6. The lowest BCUT2D eigenvalue weighted by Crippen LogP contribution is -2.22. The summed E-state index contributed by atoms with van der Waals surface area (Å²) < 4.78 is 5.92. The smallest absolute Gasteiger partial charge is 0.149 e. The van der Waals surface area contributed by atoms with Crippen LogP contribution in [0.25, 0.3) is 22.7 Å². The van der Waals surface area contributed by atoms with Crippen LogP contribution < -0.4 is 9.84 Å². The fraction of sp³-hybridized carbons (Fsp3) is 0.0417. The van der Waals surface area contributed by atoms with Gasteiger partial charge in [-0.05, 0) is 35.4 Å². The molecular weight excluding hydrogens is 378 g/mol. The molecule has 0 atom stereocenters. The van der Waals surface area contributed by atoms with Crippen molar-refractivity contribution in [3.63, 3.8) is 0 Å². The van der Waals surface area contributed by atoms with E-state index in [2.05, 4.69) is 16.0 Å². The number of aromatic carboxylic acids is 1. The molecule has 0 aliphatic carbocycles. The second kappa shape index (κ2) is 8.33. The first kappa shape index (κ1) is 19.0. The third kappa shape index (κ3) is 4.05. The van der Waals surface area contributed by atoms with Gasteiger partial charge < -0.3 is 19.6 Å². The summed E-state index contributed by atoms with van der Waals surface area (Å²) >= 11 is 0. The van der Waals surface area contributed by atoms with Gasteiger partial charge in [-0.1, -0.05) is 54.6 Å². The van der Waals surface area contributed by atoms with Crippen LogP contribution in [0.1, 0.15) is 27.3 Å². The van der Waals surface area contributed by atoms with E-state index < -0.39 is 5.97 Å². The molecule has 1 N–H and O–H groups in total. The number of nitrogens with one attached hydrogen (secondary N) is 1. The van der Waals surface area contributed by atoms with Crippen LogP contribution in [-0.4, -0.2) is 15.9 Å². The number of hydrogen-bond acceptors (Lipinski definition) is 5. The van der Waals surface area contributed by atoms with E-state index in [1.165, 1.54) is 12.1 Å². The van der Waals surface area contributed by atoms with Gasteiger partial charge in [-0.3, -0.25) is 0 Å². The van der Waals surface area contributed by atoms with Gasteiger partial charge in [-0.2, -0.15) is 5.26 Å². The molecule has 4 aromatic rings. The Morgan fingerprint density at radius 1 is 1.07 bits per heavy atom. The van der Waals surface area contributed by atoms with E-state index in [0.29, 0.717) is 17.1 Å². The molecule has 0 bridgehead atoms. The summed E-state index contributed by atoms with van der Waals surface area (Å²) in [5, 5.41) is 20.5. The molecule has 1 heterocycles. The van der Waals surface area contributed by atoms with E-state index in [0.717, 1.165) is 22.2 Å². The second-order valence-electron chi connectivity index (χ2n) is 6.58. The van der Waals surface area contributed by atoms with Gasteiger partial charge in [0, 0.05) is 5.56 Å². The number of carboxylic acids is 1. The highest BCUT2D eigenvalue weighted by Crippen LogP contribution is 2.25. The molecule has 0 unspecified atom stereocenters. The lowest BCUT2D eigenvalue weighted by atomic mass is 10.1. The van der Waals surface area contributed by atoms with Crippen molar-refractivity contribution < 1.29 is 14.6 Å². The Kier molecular flexibility index (Phi) is 5.27. The van der Waals surface area contributed by atoms with Gasteiger partial charge in [0.2, 0.25) is 0 Å². The molecule has 0 spiro atoms. The van der Waals surface area contributed by atoms with Gasteiger partial charge in [-0.15, -0.1) is 0 Å². The molecule has 0 amide bonds. The van der Waals surface area contributed by atoms with Gasteiger partial charge in [0.05, 0.1) is 22.6 Å². The number of hydrogen-bond donors (Lipinski definition) is 1. The van der Waals surface area contributed by atoms with Crippen molar-refractivity contribution >= 4 is 28.7 Å². The predicted molar refractivity (Wildman–Crippen MR) is 111 cm³/mol. The summed E-state index contributed by atoms with van der Waals surface area (Å²) in [7, 11) is 0. The zero-order valence-corrected chi connectivity index (χ0v) is 15.8. The molecular formula is C24H16N3O3-. The Labute approximate surface area is 172 Å². The van der Waals surface area contributed by atoms with E-state index >= 15 is 0 Å². The molecule has 1 aromatic heterocycles. The first-order valence-corrected chi connectivity index (χ1v) is 9.23. The summed E-state index contributed by atoms with van der Waals surface area (Å²) in [6.07, 6.45) is 1.73. The van der Waals surface area contributed by atoms with Gasteiger partial charge >= 0.3 is 0 Å². The van der Waals surface area contributed by atoms with Crippen LogP contribution in [0.2, 0.25) is 0 Å². The minimum atomic E-state index is -1.22. The number of imidazole rings is 1. The van der Waals surface area contributed by atoms with Crippen molar-refractivity contribution in [2.45, 2.75) is 6.61 Å². The minimum absolute atomic E-state index is 0.117. The third-order valence-electron chi connectivity index (χ3n) is 4.57. The second-order valence-corrected chi connectivity index (χ2v) is 6.58. The number of rotatable bonds is 6. The molecule has 0 saturated heterocycles. The Balaban J connectivity index is 1.58. The topological polar surface area (TPSA) is 102 Å². The molecule has 0 fully saturated rings. The number of fused-ring (bicyclic) bond motifs is 1. The highest BCUT2D eigenvalue weighted by Gasteiger charge is 2.10. The van der Waals surface area contributed by atoms with Crippen LogP contribution in [0.4, 0.5) is 0 Å². The minimum Gasteiger partial charge on any atom is -0.545 e. The SMILES string of the molecule is N#C/C(=C\c1ccccc1OCc1ccc(C(=O)[O-])cc1)c1nc2ccccc2[nH]1. The van der Waals surface area contributed by atoms with Crippen molar-refractivity contribution in [2.75, 3.05) is 0 Å². The fourth-order valence-corrected chi connectivity index (χ4v) is 3.02. The highest BCUT2D eigenvalue weighted by atomic mass is 16.5. The Bertz CT molecular complexity index is 1250. The van der Waals surface area contributed by atoms with E-state index in [1.54, 1.807) is 18.2 Å². The van der Waals surface area contributed by atoms with Crippen molar-refractivity contribution in [3.8, 4) is 11.8 Å². The van der Waals surface area contributed by atoms with Crippen molar-refractivity contribution in [1.29, 1.82) is 5.26 Å². The Morgan fingerprint density at radius 3 is 2.53 bits per heavy atom. The van der Waals surface area contributed by atoms with E-state index in [-0.39, 0.29) is 12.2 Å². The van der Waals surface area contributed by atoms with Crippen LogP contribution in [0, 0.1) is 11.3 Å². The van der Waals surface area contributed by atoms with Gasteiger partial charge in [-0.25, -0.2) is 4.98 Å². The lowest BCUT2D eigenvalue weighted by molar-refractivity contribution is -0.255. The van der Waals surface area contributed by atoms with E-state index in [1.807, 2.05) is 48.5 Å². The lowest BCUT2D eigenvalue weighted by Gasteiger charge is -2.10. The largest absolute Gasteiger partial charge is 0.545 e. The van der Waals surface area contributed by atoms with Crippen LogP contribution in [0.3, 0.4) is 0 Å². The summed E-state index contributed by atoms with van der Waals surface area (Å²) in [5.41, 5.74) is 3.71. The summed E-state index contributed by atoms with van der Waals surface area (Å²) in [5.74, 6) is -0.121. The average Bonchev–Trinajstić information content (AvgIpc) is 3.21. The number of benzene rings is 3. The van der Waals surface area contributed by atoms with Crippen molar-refractivity contribution in [2.24, 2.45) is 0 Å². The standard InChI is InChI=1S/C24H17N3O3/c25-14-19(23-26-20-6-2-3-7-21(20)27-23)13-18-5-1-4-8-22(18)30-15-16-9-11-17(12-10-16)24(28)29/h1-13H,15H2,(H,26,27)(H,28,29)/p-1/b19-13+. The molecule has 3 aromatic carbocycles. The van der Waals surface area contributed by atoms with Crippen molar-refractivity contribution in [1.82, 2.24) is 9.97 Å². The molecule has 30 heavy (non-hydrogen) atoms. The molecule has 0 saturated carbocycles. The van der Waals surface area contributed by atoms with E-state index in [4.69, 9.17) is 4.74 Å². The summed E-state index contributed by atoms with van der Waals surface area (Å²) in [6.45, 7) is 0.255. The molecule has 0 aliphatic heterocycles. The number of aromatic amines is 1. The number of carbonyl (C=O) groups excluding carboxylic acids is 1. The van der Waals surface area contributed by atoms with Crippen LogP contribution in [0.5, 0.6) is 5.75 Å². The number of para-hydroxylation sites is 3. The summed E-state index contributed by atoms with van der Waals surface area (Å²) in [6, 6.07) is 23.5. The maximum Gasteiger partial charge on any atom is 0.149 e. The third-order valence-corrected chi connectivity index (χ3v) is 4.57. The first-order valence-electron chi connectivity index (χ1n) is 9.23.